The number of hydrogen-bond acceptors (Lipinski definition) is 6. The number of carbonyl (C=O) groups is 2. The van der Waals surface area contributed by atoms with Crippen LogP contribution in [0.5, 0.6) is 0 Å². The number of carbonyl (C=O) groups excluding carboxylic acids is 2. The molecule has 188 valence electrons. The van der Waals surface area contributed by atoms with Crippen molar-refractivity contribution in [3.63, 3.8) is 0 Å². The van der Waals surface area contributed by atoms with E-state index in [0.717, 1.165) is 17.4 Å². The van der Waals surface area contributed by atoms with Gasteiger partial charge in [0, 0.05) is 41.2 Å². The molecule has 0 spiro atoms. The zero-order valence-corrected chi connectivity index (χ0v) is 21.0. The number of fused-ring (bicyclic) bond motifs is 1. The Balaban J connectivity index is 1.33. The van der Waals surface area contributed by atoms with Crippen LogP contribution in [0.4, 0.5) is 11.5 Å². The van der Waals surface area contributed by atoms with Crippen LogP contribution in [0, 0.1) is 0 Å². The summed E-state index contributed by atoms with van der Waals surface area (Å²) in [6, 6.07) is 20.3. The fourth-order valence-corrected chi connectivity index (χ4v) is 5.67. The SMILES string of the molecule is CS(=O)(=O)c1ccccc1-c1ccc(NC(=O)C2CCCN2C(=O)c2ccc3ccnc(N)c3c2)cc1. The number of pyridine rings is 1. The highest BCUT2D eigenvalue weighted by Crippen LogP contribution is 2.29. The van der Waals surface area contributed by atoms with Crippen LogP contribution in [0.3, 0.4) is 0 Å². The predicted molar refractivity (Wildman–Crippen MR) is 144 cm³/mol. The van der Waals surface area contributed by atoms with Crippen LogP contribution in [0.1, 0.15) is 23.2 Å². The van der Waals surface area contributed by atoms with Crippen molar-refractivity contribution < 1.29 is 18.0 Å². The van der Waals surface area contributed by atoms with Crippen molar-refractivity contribution in [2.24, 2.45) is 0 Å². The molecule has 3 N–H and O–H groups in total. The minimum Gasteiger partial charge on any atom is -0.383 e. The number of hydrogen-bond donors (Lipinski definition) is 2. The molecule has 0 aliphatic carbocycles. The molecule has 4 aromatic rings. The quantitative estimate of drug-likeness (QED) is 0.413. The van der Waals surface area contributed by atoms with Crippen LogP contribution in [0.2, 0.25) is 0 Å². The Morgan fingerprint density at radius 1 is 1.03 bits per heavy atom. The minimum atomic E-state index is -3.39. The number of nitrogens with two attached hydrogens (primary N) is 1. The molecule has 2 amide bonds. The maximum absolute atomic E-state index is 13.3. The number of likely N-dealkylation sites (tertiary alicyclic amines) is 1. The van der Waals surface area contributed by atoms with Crippen LogP contribution in [0.25, 0.3) is 21.9 Å². The number of aromatic nitrogens is 1. The topological polar surface area (TPSA) is 122 Å². The molecule has 1 aromatic heterocycles. The lowest BCUT2D eigenvalue weighted by Crippen LogP contribution is -2.43. The summed E-state index contributed by atoms with van der Waals surface area (Å²) in [4.78, 5) is 32.4. The van der Waals surface area contributed by atoms with Crippen molar-refractivity contribution in [1.82, 2.24) is 9.88 Å². The van der Waals surface area contributed by atoms with E-state index < -0.39 is 15.9 Å². The smallest absolute Gasteiger partial charge is 0.254 e. The molecule has 5 rings (SSSR count). The lowest BCUT2D eigenvalue weighted by molar-refractivity contribution is -0.119. The maximum atomic E-state index is 13.3. The van der Waals surface area contributed by atoms with Gasteiger partial charge in [0.05, 0.1) is 4.90 Å². The lowest BCUT2D eigenvalue weighted by Gasteiger charge is -2.24. The summed E-state index contributed by atoms with van der Waals surface area (Å²) in [7, 11) is -3.39. The van der Waals surface area contributed by atoms with Gasteiger partial charge in [0.1, 0.15) is 11.9 Å². The van der Waals surface area contributed by atoms with Gasteiger partial charge in [0.2, 0.25) is 5.91 Å². The van der Waals surface area contributed by atoms with E-state index in [1.165, 1.54) is 6.26 Å². The summed E-state index contributed by atoms with van der Waals surface area (Å²) < 4.78 is 24.3. The highest BCUT2D eigenvalue weighted by Gasteiger charge is 2.34. The van der Waals surface area contributed by atoms with E-state index in [1.54, 1.807) is 71.8 Å². The summed E-state index contributed by atoms with van der Waals surface area (Å²) in [5.74, 6) is -0.141. The third kappa shape index (κ3) is 4.90. The van der Waals surface area contributed by atoms with E-state index in [2.05, 4.69) is 10.3 Å². The van der Waals surface area contributed by atoms with Gasteiger partial charge < -0.3 is 16.0 Å². The number of anilines is 2. The second kappa shape index (κ2) is 9.67. The number of sulfone groups is 1. The molecule has 1 aliphatic rings. The lowest BCUT2D eigenvalue weighted by atomic mass is 10.1. The van der Waals surface area contributed by atoms with Crippen molar-refractivity contribution >= 4 is 43.9 Å². The van der Waals surface area contributed by atoms with Gasteiger partial charge in [-0.05, 0) is 60.2 Å². The maximum Gasteiger partial charge on any atom is 0.254 e. The molecular formula is C28H26N4O4S. The molecule has 0 saturated carbocycles. The van der Waals surface area contributed by atoms with Crippen molar-refractivity contribution in [1.29, 1.82) is 0 Å². The van der Waals surface area contributed by atoms with E-state index in [9.17, 15) is 18.0 Å². The average Bonchev–Trinajstić information content (AvgIpc) is 3.39. The minimum absolute atomic E-state index is 0.226. The van der Waals surface area contributed by atoms with E-state index in [-0.39, 0.29) is 16.7 Å². The molecule has 8 nitrogen and oxygen atoms in total. The van der Waals surface area contributed by atoms with Gasteiger partial charge in [-0.15, -0.1) is 0 Å². The number of nitrogen functional groups attached to an aromatic ring is 1. The Kier molecular flexibility index (Phi) is 6.39. The second-order valence-corrected chi connectivity index (χ2v) is 11.1. The molecule has 1 atom stereocenters. The normalized spacial score (nSPS) is 15.6. The highest BCUT2D eigenvalue weighted by atomic mass is 32.2. The van der Waals surface area contributed by atoms with Gasteiger partial charge in [0.15, 0.2) is 9.84 Å². The average molecular weight is 515 g/mol. The van der Waals surface area contributed by atoms with E-state index in [4.69, 9.17) is 5.73 Å². The van der Waals surface area contributed by atoms with Gasteiger partial charge in [-0.3, -0.25) is 9.59 Å². The Morgan fingerprint density at radius 2 is 1.78 bits per heavy atom. The zero-order chi connectivity index (χ0) is 26.2. The van der Waals surface area contributed by atoms with Crippen LogP contribution in [-0.4, -0.2) is 49.0 Å². The molecular weight excluding hydrogens is 488 g/mol. The van der Waals surface area contributed by atoms with E-state index in [0.29, 0.717) is 41.0 Å². The molecule has 1 fully saturated rings. The van der Waals surface area contributed by atoms with Crippen molar-refractivity contribution in [3.05, 3.63) is 84.6 Å². The number of nitrogens with zero attached hydrogens (tertiary/aromatic N) is 2. The molecule has 0 bridgehead atoms. The van der Waals surface area contributed by atoms with Gasteiger partial charge in [-0.2, -0.15) is 0 Å². The first-order valence-electron chi connectivity index (χ1n) is 11.9. The summed E-state index contributed by atoms with van der Waals surface area (Å²) >= 11 is 0. The van der Waals surface area contributed by atoms with Gasteiger partial charge in [-0.25, -0.2) is 13.4 Å². The van der Waals surface area contributed by atoms with Crippen molar-refractivity contribution in [2.45, 2.75) is 23.8 Å². The first kappa shape index (κ1) is 24.5. The monoisotopic (exact) mass is 514 g/mol. The van der Waals surface area contributed by atoms with Crippen molar-refractivity contribution in [2.75, 3.05) is 23.9 Å². The van der Waals surface area contributed by atoms with Gasteiger partial charge in [-0.1, -0.05) is 36.4 Å². The first-order chi connectivity index (χ1) is 17.7. The van der Waals surface area contributed by atoms with E-state index >= 15 is 0 Å². The Morgan fingerprint density at radius 3 is 2.54 bits per heavy atom. The zero-order valence-electron chi connectivity index (χ0n) is 20.2. The first-order valence-corrected chi connectivity index (χ1v) is 13.8. The molecule has 1 saturated heterocycles. The van der Waals surface area contributed by atoms with Crippen molar-refractivity contribution in [3.8, 4) is 11.1 Å². The molecule has 1 aliphatic heterocycles. The number of amides is 2. The summed E-state index contributed by atoms with van der Waals surface area (Å²) in [5, 5.41) is 4.49. The third-order valence-electron chi connectivity index (χ3n) is 6.61. The molecule has 2 heterocycles. The van der Waals surface area contributed by atoms with Crippen LogP contribution in [-0.2, 0) is 14.6 Å². The summed E-state index contributed by atoms with van der Waals surface area (Å²) in [5.41, 5.74) is 8.33. The molecule has 1 unspecified atom stereocenters. The highest BCUT2D eigenvalue weighted by molar-refractivity contribution is 7.90. The molecule has 37 heavy (non-hydrogen) atoms. The van der Waals surface area contributed by atoms with Crippen LogP contribution < -0.4 is 11.1 Å². The number of nitrogens with one attached hydrogen (secondary N) is 1. The number of benzene rings is 3. The van der Waals surface area contributed by atoms with Crippen LogP contribution >= 0.6 is 0 Å². The fraction of sp³-hybridized carbons (Fsp3) is 0.179. The summed E-state index contributed by atoms with van der Waals surface area (Å²) in [6.45, 7) is 0.485. The predicted octanol–water partition coefficient (Wildman–Crippen LogP) is 4.13. The standard InChI is InChI=1S/C28H26N4O4S/c1-37(35,36)25-7-3-2-5-22(25)18-10-12-21(13-11-18)31-27(33)24-6-4-16-32(24)28(34)20-9-8-19-14-15-30-26(29)23(19)17-20/h2-3,5,7-15,17,24H,4,6,16H2,1H3,(H2,29,30)(H,31,33). The van der Waals surface area contributed by atoms with E-state index in [1.807, 2.05) is 12.1 Å². The Labute approximate surface area is 215 Å². The van der Waals surface area contributed by atoms with Gasteiger partial charge >= 0.3 is 0 Å². The Hall–Kier alpha value is -4.24. The van der Waals surface area contributed by atoms with Crippen LogP contribution in [0.15, 0.2) is 83.9 Å². The van der Waals surface area contributed by atoms with Gasteiger partial charge in [0.25, 0.3) is 5.91 Å². The molecule has 0 radical (unpaired) electrons. The molecule has 9 heteroatoms. The number of rotatable bonds is 5. The second-order valence-electron chi connectivity index (χ2n) is 9.12. The summed E-state index contributed by atoms with van der Waals surface area (Å²) in [6.07, 6.45) is 4.09. The largest absolute Gasteiger partial charge is 0.383 e. The Bertz CT molecular complexity index is 1620. The molecule has 3 aromatic carbocycles. The third-order valence-corrected chi connectivity index (χ3v) is 7.77. The fourth-order valence-electron chi connectivity index (χ4n) is 4.76.